The zero-order valence-corrected chi connectivity index (χ0v) is 14.0. The Kier molecular flexibility index (Phi) is 4.71. The minimum Gasteiger partial charge on any atom is -0.361 e. The second-order valence-electron chi connectivity index (χ2n) is 7.29. The molecule has 0 bridgehead atoms. The van der Waals surface area contributed by atoms with Crippen molar-refractivity contribution in [3.8, 4) is 0 Å². The Morgan fingerprint density at radius 3 is 2.70 bits per heavy atom. The van der Waals surface area contributed by atoms with Crippen LogP contribution in [0.2, 0.25) is 0 Å². The van der Waals surface area contributed by atoms with Gasteiger partial charge in [-0.05, 0) is 49.1 Å². The second-order valence-corrected chi connectivity index (χ2v) is 7.29. The van der Waals surface area contributed by atoms with Crippen molar-refractivity contribution in [1.82, 2.24) is 10.3 Å². The van der Waals surface area contributed by atoms with Crippen molar-refractivity contribution >= 4 is 16.8 Å². The number of para-hydroxylation sites is 1. The predicted molar refractivity (Wildman–Crippen MR) is 94.1 cm³/mol. The molecule has 1 amide bonds. The van der Waals surface area contributed by atoms with Crippen LogP contribution in [0.25, 0.3) is 10.9 Å². The van der Waals surface area contributed by atoms with Gasteiger partial charge in [-0.15, -0.1) is 0 Å². The van der Waals surface area contributed by atoms with Gasteiger partial charge in [0.15, 0.2) is 0 Å². The number of hydrogen-bond donors (Lipinski definition) is 3. The molecule has 4 nitrogen and oxygen atoms in total. The third kappa shape index (κ3) is 3.75. The van der Waals surface area contributed by atoms with Gasteiger partial charge >= 0.3 is 0 Å². The van der Waals surface area contributed by atoms with Gasteiger partial charge in [0.2, 0.25) is 5.91 Å². The van der Waals surface area contributed by atoms with E-state index in [0.717, 1.165) is 29.3 Å². The molecule has 23 heavy (non-hydrogen) atoms. The highest BCUT2D eigenvalue weighted by Gasteiger charge is 2.26. The van der Waals surface area contributed by atoms with Crippen LogP contribution in [-0.4, -0.2) is 23.0 Å². The number of H-pyrrole nitrogens is 1. The van der Waals surface area contributed by atoms with Crippen LogP contribution in [0, 0.1) is 11.8 Å². The lowest BCUT2D eigenvalue weighted by atomic mass is 9.80. The Bertz CT molecular complexity index is 668. The fourth-order valence-electron chi connectivity index (χ4n) is 4.00. The summed E-state index contributed by atoms with van der Waals surface area (Å²) in [6.07, 6.45) is 5.91. The molecule has 1 fully saturated rings. The van der Waals surface area contributed by atoms with E-state index < -0.39 is 6.04 Å². The molecule has 1 saturated carbocycles. The molecule has 0 aliphatic heterocycles. The van der Waals surface area contributed by atoms with E-state index in [1.165, 1.54) is 6.42 Å². The molecule has 0 saturated heterocycles. The monoisotopic (exact) mass is 313 g/mol. The van der Waals surface area contributed by atoms with E-state index in [-0.39, 0.29) is 11.9 Å². The Morgan fingerprint density at radius 2 is 1.96 bits per heavy atom. The van der Waals surface area contributed by atoms with Crippen LogP contribution in [0.15, 0.2) is 30.5 Å². The maximum Gasteiger partial charge on any atom is 0.237 e. The number of benzene rings is 1. The molecule has 2 aromatic rings. The van der Waals surface area contributed by atoms with Gasteiger partial charge in [-0.1, -0.05) is 32.0 Å². The Hall–Kier alpha value is -1.81. The first-order valence-corrected chi connectivity index (χ1v) is 8.64. The minimum absolute atomic E-state index is 0.0263. The number of amides is 1. The summed E-state index contributed by atoms with van der Waals surface area (Å²) < 4.78 is 0. The quantitative estimate of drug-likeness (QED) is 0.812. The maximum absolute atomic E-state index is 12.4. The van der Waals surface area contributed by atoms with Crippen molar-refractivity contribution in [2.24, 2.45) is 17.6 Å². The molecule has 1 aliphatic carbocycles. The Labute approximate surface area is 137 Å². The lowest BCUT2D eigenvalue weighted by Gasteiger charge is -2.32. The molecule has 1 heterocycles. The first-order chi connectivity index (χ1) is 11.0. The van der Waals surface area contributed by atoms with Gasteiger partial charge in [-0.2, -0.15) is 0 Å². The molecule has 3 atom stereocenters. The fraction of sp³-hybridized carbons (Fsp3) is 0.526. The molecule has 1 aromatic carbocycles. The molecule has 4 N–H and O–H groups in total. The van der Waals surface area contributed by atoms with Crippen LogP contribution in [0.1, 0.15) is 38.7 Å². The summed E-state index contributed by atoms with van der Waals surface area (Å²) in [7, 11) is 0. The summed E-state index contributed by atoms with van der Waals surface area (Å²) in [5, 5.41) is 4.31. The van der Waals surface area contributed by atoms with Gasteiger partial charge in [0, 0.05) is 23.1 Å². The summed E-state index contributed by atoms with van der Waals surface area (Å²) in [6.45, 7) is 4.53. The van der Waals surface area contributed by atoms with Gasteiger partial charge < -0.3 is 16.0 Å². The SMILES string of the molecule is CC1CC(C)CC(NC(=O)[C@@H](N)Cc2c[nH]c3ccccc23)C1. The minimum atomic E-state index is -0.498. The lowest BCUT2D eigenvalue weighted by molar-refractivity contribution is -0.123. The van der Waals surface area contributed by atoms with Crippen LogP contribution in [0.4, 0.5) is 0 Å². The lowest BCUT2D eigenvalue weighted by Crippen LogP contribution is -2.48. The summed E-state index contributed by atoms with van der Waals surface area (Å²) >= 11 is 0. The number of hydrogen-bond acceptors (Lipinski definition) is 2. The topological polar surface area (TPSA) is 70.9 Å². The van der Waals surface area contributed by atoms with Crippen molar-refractivity contribution in [3.63, 3.8) is 0 Å². The Morgan fingerprint density at radius 1 is 1.26 bits per heavy atom. The number of carbonyl (C=O) groups excluding carboxylic acids is 1. The van der Waals surface area contributed by atoms with Gasteiger partial charge in [0.05, 0.1) is 6.04 Å². The number of aromatic amines is 1. The zero-order valence-electron chi connectivity index (χ0n) is 14.0. The van der Waals surface area contributed by atoms with Crippen molar-refractivity contribution in [1.29, 1.82) is 0 Å². The van der Waals surface area contributed by atoms with Crippen molar-refractivity contribution < 1.29 is 4.79 Å². The molecule has 2 unspecified atom stereocenters. The molecule has 1 aromatic heterocycles. The summed E-state index contributed by atoms with van der Waals surface area (Å²) in [6, 6.07) is 7.89. The van der Waals surface area contributed by atoms with E-state index in [1.54, 1.807) is 0 Å². The predicted octanol–water partition coefficient (Wildman–Crippen LogP) is 2.98. The third-order valence-electron chi connectivity index (χ3n) is 4.98. The first-order valence-electron chi connectivity index (χ1n) is 8.64. The number of nitrogens with two attached hydrogens (primary N) is 1. The first kappa shape index (κ1) is 16.1. The molecule has 0 spiro atoms. The molecular formula is C19H27N3O. The molecule has 3 rings (SSSR count). The van der Waals surface area contributed by atoms with Crippen LogP contribution < -0.4 is 11.1 Å². The highest BCUT2D eigenvalue weighted by atomic mass is 16.2. The molecule has 1 aliphatic rings. The summed E-state index contributed by atoms with van der Waals surface area (Å²) in [5.41, 5.74) is 8.35. The average molecular weight is 313 g/mol. The van der Waals surface area contributed by atoms with Gasteiger partial charge in [0.1, 0.15) is 0 Å². The third-order valence-corrected chi connectivity index (χ3v) is 4.98. The van der Waals surface area contributed by atoms with E-state index in [4.69, 9.17) is 5.73 Å². The van der Waals surface area contributed by atoms with Crippen molar-refractivity contribution in [3.05, 3.63) is 36.0 Å². The van der Waals surface area contributed by atoms with Crippen LogP contribution in [-0.2, 0) is 11.2 Å². The molecule has 0 radical (unpaired) electrons. The number of fused-ring (bicyclic) bond motifs is 1. The highest BCUT2D eigenvalue weighted by molar-refractivity contribution is 5.86. The average Bonchev–Trinajstić information content (AvgIpc) is 2.89. The van der Waals surface area contributed by atoms with E-state index in [9.17, 15) is 4.79 Å². The fourth-order valence-corrected chi connectivity index (χ4v) is 4.00. The van der Waals surface area contributed by atoms with Gasteiger partial charge in [-0.25, -0.2) is 0 Å². The van der Waals surface area contributed by atoms with E-state index >= 15 is 0 Å². The number of nitrogens with one attached hydrogen (secondary N) is 2. The highest BCUT2D eigenvalue weighted by Crippen LogP contribution is 2.28. The normalized spacial score (nSPS) is 26.1. The van der Waals surface area contributed by atoms with Crippen LogP contribution in [0.3, 0.4) is 0 Å². The standard InChI is InChI=1S/C19H27N3O/c1-12-7-13(2)9-15(8-12)22-19(23)17(20)10-14-11-21-18-6-4-3-5-16(14)18/h3-6,11-13,15,17,21H,7-10,20H2,1-2H3,(H,22,23)/t12?,13?,15?,17-/m0/s1. The second kappa shape index (κ2) is 6.75. The van der Waals surface area contributed by atoms with Gasteiger partial charge in [-0.3, -0.25) is 4.79 Å². The van der Waals surface area contributed by atoms with E-state index in [1.807, 2.05) is 24.4 Å². The van der Waals surface area contributed by atoms with Crippen molar-refractivity contribution in [2.45, 2.75) is 51.6 Å². The zero-order chi connectivity index (χ0) is 16.4. The van der Waals surface area contributed by atoms with Crippen molar-refractivity contribution in [2.75, 3.05) is 0 Å². The molecule has 124 valence electrons. The smallest absolute Gasteiger partial charge is 0.237 e. The van der Waals surface area contributed by atoms with Crippen LogP contribution in [0.5, 0.6) is 0 Å². The summed E-state index contributed by atoms with van der Waals surface area (Å²) in [4.78, 5) is 15.7. The summed E-state index contributed by atoms with van der Waals surface area (Å²) in [5.74, 6) is 1.32. The molecule has 4 heteroatoms. The van der Waals surface area contributed by atoms with E-state index in [2.05, 4.69) is 30.2 Å². The Balaban J connectivity index is 1.61. The van der Waals surface area contributed by atoms with E-state index in [0.29, 0.717) is 18.3 Å². The largest absolute Gasteiger partial charge is 0.361 e. The number of rotatable bonds is 4. The van der Waals surface area contributed by atoms with Gasteiger partial charge in [0.25, 0.3) is 0 Å². The van der Waals surface area contributed by atoms with Crippen LogP contribution >= 0.6 is 0 Å². The maximum atomic E-state index is 12.4. The number of aromatic nitrogens is 1. The molecular weight excluding hydrogens is 286 g/mol. The number of carbonyl (C=O) groups is 1.